The van der Waals surface area contributed by atoms with Gasteiger partial charge >= 0.3 is 5.97 Å². The summed E-state index contributed by atoms with van der Waals surface area (Å²) in [5.41, 5.74) is 6.71. The number of methoxy groups -OCH3 is 1. The van der Waals surface area contributed by atoms with E-state index in [2.05, 4.69) is 52.3 Å². The van der Waals surface area contributed by atoms with Crippen molar-refractivity contribution in [3.63, 3.8) is 0 Å². The molecule has 74 heavy (non-hydrogen) atoms. The molecule has 2 N–H and O–H groups in total. The number of pyridine rings is 1. The number of esters is 1. The average Bonchev–Trinajstić information content (AvgIpc) is 3.99. The van der Waals surface area contributed by atoms with Gasteiger partial charge in [0.1, 0.15) is 18.1 Å². The lowest BCUT2D eigenvalue weighted by atomic mass is 9.84. The molecule has 0 aliphatic carbocycles. The van der Waals surface area contributed by atoms with E-state index in [1.165, 1.54) is 29.0 Å². The van der Waals surface area contributed by atoms with E-state index in [0.29, 0.717) is 43.2 Å². The Kier molecular flexibility index (Phi) is 15.7. The first-order valence-corrected chi connectivity index (χ1v) is 27.1. The third-order valence-corrected chi connectivity index (χ3v) is 16.4. The van der Waals surface area contributed by atoms with Gasteiger partial charge in [-0.05, 0) is 74.3 Å². The summed E-state index contributed by atoms with van der Waals surface area (Å²) >= 11 is 6.72. The number of aryl methyl sites for hydroxylation is 2. The lowest BCUT2D eigenvalue weighted by Gasteiger charge is -2.40. The topological polar surface area (TPSA) is 181 Å². The molecule has 3 saturated heterocycles. The Balaban J connectivity index is 1.10. The number of halogens is 3. The number of anilines is 1. The summed E-state index contributed by atoms with van der Waals surface area (Å²) in [6.07, 6.45) is 3.94. The Bertz CT molecular complexity index is 2790. The van der Waals surface area contributed by atoms with E-state index in [0.717, 1.165) is 86.9 Å². The van der Waals surface area contributed by atoms with Crippen molar-refractivity contribution < 1.29 is 47.0 Å². The number of thiazole rings is 1. The number of piperidine rings is 1. The van der Waals surface area contributed by atoms with Gasteiger partial charge in [-0.25, -0.2) is 19.2 Å². The average molecular weight is 1060 g/mol. The number of benzene rings is 1. The number of amides is 4. The molecule has 5 unspecified atom stereocenters. The van der Waals surface area contributed by atoms with Gasteiger partial charge in [0.05, 0.1) is 65.4 Å². The number of hydrogen-bond donors (Lipinski definition) is 2. The van der Waals surface area contributed by atoms with Crippen molar-refractivity contribution in [2.24, 2.45) is 11.3 Å². The van der Waals surface area contributed by atoms with Gasteiger partial charge in [-0.1, -0.05) is 39.3 Å². The third-order valence-electron chi connectivity index (χ3n) is 15.4. The highest BCUT2D eigenvalue weighted by Gasteiger charge is 2.48. The van der Waals surface area contributed by atoms with Crippen LogP contribution < -0.4 is 15.6 Å². The highest BCUT2D eigenvalue weighted by molar-refractivity contribution is 7.10. The number of nitrogens with zero attached hydrogens (tertiary/aromatic N) is 7. The summed E-state index contributed by atoms with van der Waals surface area (Å²) in [4.78, 5) is 84.3. The first-order valence-electron chi connectivity index (χ1n) is 25.8. The van der Waals surface area contributed by atoms with Crippen molar-refractivity contribution in [2.75, 3.05) is 71.6 Å². The maximum atomic E-state index is 16.5. The molecule has 1 aromatic carbocycles. The van der Waals surface area contributed by atoms with E-state index in [1.807, 2.05) is 18.5 Å². The zero-order valence-corrected chi connectivity index (χ0v) is 44.9. The van der Waals surface area contributed by atoms with Crippen LogP contribution in [0.3, 0.4) is 0 Å². The maximum Gasteiger partial charge on any atom is 0.324 e. The number of carbonyl (C=O) groups is 5. The Labute approximate surface area is 439 Å². The SMILES string of the molecule is COC(C)c1ncc(N2CCOCC2)cc1-c1c2c3cc(cc4c3n1CCC4)-c1csc(n1)CC(NC(=O)C(C(C)C)N(C)C(=O)C1(F)CCN(C(=O)C(F)Cl)CC1)C(=O)N1CCCC(N1)C(=O)OCC(C)(C)C2. The Morgan fingerprint density at radius 3 is 2.49 bits per heavy atom. The standard InChI is InChI=1S/C53H68ClF2N9O8S/c1-30(2)43(61(6)51(70)53(56)12-16-63(17-13-53)49(68)46(54)55)47(66)59-39-25-41-58-40(28-74-41)33-22-32-10-8-14-64-44(32)35(23-33)37(26-52(4,5)29-73-50(69)38-11-9-15-65(60-38)48(39)67)45(64)36-24-34(62-18-20-72-21-19-62)27-57-42(36)31(3)71-7/h22-24,27-28,30-31,38-39,43,46,60H,8-21,25-26,29H2,1-7H3,(H,59,66). The molecule has 8 heterocycles. The summed E-state index contributed by atoms with van der Waals surface area (Å²) in [5.74, 6) is -4.21. The number of aromatic nitrogens is 3. The second-order valence-corrected chi connectivity index (χ2v) is 22.9. The summed E-state index contributed by atoms with van der Waals surface area (Å²) in [6.45, 7) is 13.0. The van der Waals surface area contributed by atoms with E-state index in [9.17, 15) is 28.4 Å². The number of nitrogens with one attached hydrogen (secondary N) is 2. The molecule has 4 aromatic rings. The molecule has 4 amide bonds. The number of carbonyl (C=O) groups excluding carboxylic acids is 5. The minimum absolute atomic E-state index is 0.0277. The number of morpholine rings is 1. The van der Waals surface area contributed by atoms with E-state index >= 15 is 4.39 Å². The van der Waals surface area contributed by atoms with Gasteiger partial charge in [-0.3, -0.25) is 34.0 Å². The van der Waals surface area contributed by atoms with Crippen LogP contribution in [0.2, 0.25) is 0 Å². The van der Waals surface area contributed by atoms with Gasteiger partial charge in [-0.2, -0.15) is 0 Å². The minimum Gasteiger partial charge on any atom is -0.464 e. The number of fused-ring (bicyclic) bond motifs is 6. The third kappa shape index (κ3) is 10.8. The van der Waals surface area contributed by atoms with Crippen molar-refractivity contribution in [3.8, 4) is 22.5 Å². The molecule has 0 saturated carbocycles. The zero-order valence-electron chi connectivity index (χ0n) is 43.3. The predicted octanol–water partition coefficient (Wildman–Crippen LogP) is 6.31. The number of hydrogen-bond acceptors (Lipinski definition) is 13. The summed E-state index contributed by atoms with van der Waals surface area (Å²) in [6, 6.07) is 3.34. The fourth-order valence-electron chi connectivity index (χ4n) is 11.4. The number of hydrazine groups is 1. The smallest absolute Gasteiger partial charge is 0.324 e. The van der Waals surface area contributed by atoms with Crippen LogP contribution in [-0.2, 0) is 64.0 Å². The second-order valence-electron chi connectivity index (χ2n) is 21.6. The van der Waals surface area contributed by atoms with Crippen molar-refractivity contribution in [1.82, 2.24) is 40.1 Å². The van der Waals surface area contributed by atoms with Crippen LogP contribution in [0.15, 0.2) is 29.8 Å². The normalized spacial score (nSPS) is 22.4. The van der Waals surface area contributed by atoms with Crippen molar-refractivity contribution in [1.29, 1.82) is 0 Å². The number of likely N-dealkylation sites (tertiary alicyclic amines) is 1. The quantitative estimate of drug-likeness (QED) is 0.134. The van der Waals surface area contributed by atoms with Crippen molar-refractivity contribution in [2.45, 2.75) is 128 Å². The van der Waals surface area contributed by atoms with Crippen molar-refractivity contribution >= 4 is 69.1 Å². The number of likely N-dealkylation sites (N-methyl/N-ethyl adjacent to an activating group) is 1. The van der Waals surface area contributed by atoms with Crippen LogP contribution in [0.4, 0.5) is 14.5 Å². The fourth-order valence-corrected chi connectivity index (χ4v) is 12.4. The maximum absolute atomic E-state index is 16.5. The monoisotopic (exact) mass is 1060 g/mol. The molecule has 0 radical (unpaired) electrons. The van der Waals surface area contributed by atoms with E-state index in [1.54, 1.807) is 21.0 Å². The van der Waals surface area contributed by atoms with Crippen molar-refractivity contribution in [3.05, 3.63) is 51.6 Å². The van der Waals surface area contributed by atoms with Crippen LogP contribution in [0.25, 0.3) is 33.4 Å². The number of alkyl halides is 3. The lowest BCUT2D eigenvalue weighted by molar-refractivity contribution is -0.156. The summed E-state index contributed by atoms with van der Waals surface area (Å²) in [5, 5.41) is 7.86. The molecule has 21 heteroatoms. The van der Waals surface area contributed by atoms with Gasteiger partial charge in [0.25, 0.3) is 23.4 Å². The van der Waals surface area contributed by atoms with Gasteiger partial charge < -0.3 is 38.8 Å². The Morgan fingerprint density at radius 2 is 1.78 bits per heavy atom. The van der Waals surface area contributed by atoms with Gasteiger partial charge in [0.2, 0.25) is 5.91 Å². The highest BCUT2D eigenvalue weighted by atomic mass is 35.5. The molecule has 17 nitrogen and oxygen atoms in total. The largest absolute Gasteiger partial charge is 0.464 e. The van der Waals surface area contributed by atoms with Crippen LogP contribution in [0.1, 0.15) is 94.7 Å². The van der Waals surface area contributed by atoms with Crippen LogP contribution in [0, 0.1) is 11.3 Å². The number of ether oxygens (including phenoxy) is 3. The van der Waals surface area contributed by atoms with E-state index in [4.69, 9.17) is 35.8 Å². The summed E-state index contributed by atoms with van der Waals surface area (Å²) in [7, 11) is 3.04. The Hall–Kier alpha value is -5.28. The molecule has 6 bridgehead atoms. The van der Waals surface area contributed by atoms with Crippen LogP contribution in [-0.4, -0.2) is 155 Å². The van der Waals surface area contributed by atoms with Gasteiger partial charge in [-0.15, -0.1) is 11.3 Å². The molecule has 3 fully saturated rings. The molecule has 400 valence electrons. The van der Waals surface area contributed by atoms with Gasteiger partial charge in [0, 0.05) is 100.0 Å². The molecule has 5 aliphatic rings. The molecular weight excluding hydrogens is 996 g/mol. The highest BCUT2D eigenvalue weighted by Crippen LogP contribution is 2.46. The zero-order chi connectivity index (χ0) is 52.8. The molecule has 0 spiro atoms. The van der Waals surface area contributed by atoms with Gasteiger partial charge in [0.15, 0.2) is 5.67 Å². The molecule has 3 aromatic heterocycles. The molecular formula is C53H68ClF2N9O8S. The number of cyclic esters (lactones) is 1. The van der Waals surface area contributed by atoms with E-state index < -0.39 is 83.2 Å². The molecule has 9 rings (SSSR count). The summed E-state index contributed by atoms with van der Waals surface area (Å²) < 4.78 is 50.4. The molecule has 5 atom stereocenters. The first kappa shape index (κ1) is 53.5. The lowest BCUT2D eigenvalue weighted by Crippen LogP contribution is -2.63. The van der Waals surface area contributed by atoms with E-state index in [-0.39, 0.29) is 38.8 Å². The Morgan fingerprint density at radius 1 is 1.04 bits per heavy atom. The fraction of sp³-hybridized carbons (Fsp3) is 0.604. The second kappa shape index (κ2) is 21.8. The molecule has 5 aliphatic heterocycles. The van der Waals surface area contributed by atoms with Crippen LogP contribution in [0.5, 0.6) is 0 Å². The first-order chi connectivity index (χ1) is 35.3. The van der Waals surface area contributed by atoms with Crippen LogP contribution >= 0.6 is 22.9 Å². The minimum atomic E-state index is -2.44. The number of rotatable bonds is 10. The predicted molar refractivity (Wildman–Crippen MR) is 277 cm³/mol.